The van der Waals surface area contributed by atoms with Crippen molar-refractivity contribution in [2.75, 3.05) is 37.7 Å². The molecule has 0 radical (unpaired) electrons. The number of hydrogen-bond acceptors (Lipinski definition) is 9. The Labute approximate surface area is 152 Å². The van der Waals surface area contributed by atoms with Crippen molar-refractivity contribution in [1.29, 1.82) is 0 Å². The van der Waals surface area contributed by atoms with Crippen LogP contribution in [0.1, 0.15) is 6.23 Å². The van der Waals surface area contributed by atoms with Gasteiger partial charge in [-0.1, -0.05) is 0 Å². The number of fused-ring (bicyclic) bond motifs is 1. The molecule has 4 atom stereocenters. The lowest BCUT2D eigenvalue weighted by Gasteiger charge is -2.34. The van der Waals surface area contributed by atoms with Gasteiger partial charge in [-0.05, 0) is 0 Å². The van der Waals surface area contributed by atoms with Gasteiger partial charge in [-0.15, -0.1) is 0 Å². The van der Waals surface area contributed by atoms with Gasteiger partial charge in [-0.2, -0.15) is 0 Å². The second-order valence-corrected chi connectivity index (χ2v) is 6.54. The number of aromatic nitrogens is 4. The highest BCUT2D eigenvalue weighted by Gasteiger charge is 2.45. The van der Waals surface area contributed by atoms with Gasteiger partial charge in [0.05, 0.1) is 12.9 Å². The zero-order valence-corrected chi connectivity index (χ0v) is 14.3. The summed E-state index contributed by atoms with van der Waals surface area (Å²) in [6.07, 6.45) is -2.67. The van der Waals surface area contributed by atoms with E-state index in [1.54, 1.807) is 4.90 Å². The number of carbonyl (C=O) groups is 1. The van der Waals surface area contributed by atoms with E-state index in [1.807, 2.05) is 4.90 Å². The largest absolute Gasteiger partial charge is 0.394 e. The summed E-state index contributed by atoms with van der Waals surface area (Å²) in [6, 6.07) is 0. The number of imidazole rings is 1. The van der Waals surface area contributed by atoms with E-state index in [9.17, 15) is 24.9 Å². The van der Waals surface area contributed by atoms with Crippen LogP contribution in [0.3, 0.4) is 0 Å². The maximum absolute atomic E-state index is 12.2. The van der Waals surface area contributed by atoms with Crippen LogP contribution in [-0.4, -0.2) is 97.2 Å². The molecule has 27 heavy (non-hydrogen) atoms. The highest BCUT2D eigenvalue weighted by molar-refractivity contribution is 5.74. The van der Waals surface area contributed by atoms with Crippen LogP contribution >= 0.6 is 0 Å². The molecule has 2 fully saturated rings. The molecule has 0 bridgehead atoms. The number of aromatic amines is 1. The Morgan fingerprint density at radius 1 is 1.26 bits per heavy atom. The van der Waals surface area contributed by atoms with Gasteiger partial charge in [-0.25, -0.2) is 9.97 Å². The third-order valence-corrected chi connectivity index (χ3v) is 4.98. The number of hydrogen-bond donors (Lipinski definition) is 4. The zero-order chi connectivity index (χ0) is 19.1. The van der Waals surface area contributed by atoms with Gasteiger partial charge in [0.2, 0.25) is 12.4 Å². The van der Waals surface area contributed by atoms with Crippen LogP contribution in [-0.2, 0) is 9.53 Å². The van der Waals surface area contributed by atoms with E-state index in [1.165, 1.54) is 10.9 Å². The third-order valence-electron chi connectivity index (χ3n) is 4.98. The topological polar surface area (TPSA) is 157 Å². The van der Waals surface area contributed by atoms with Gasteiger partial charge in [0.15, 0.2) is 17.4 Å². The van der Waals surface area contributed by atoms with Crippen molar-refractivity contribution < 1.29 is 24.9 Å². The van der Waals surface area contributed by atoms with Gasteiger partial charge in [0.25, 0.3) is 5.56 Å². The first-order chi connectivity index (χ1) is 13.0. The summed E-state index contributed by atoms with van der Waals surface area (Å²) in [4.78, 5) is 37.6. The Hall–Kier alpha value is -2.54. The van der Waals surface area contributed by atoms with E-state index >= 15 is 0 Å². The number of carbonyl (C=O) groups excluding carboxylic acids is 1. The van der Waals surface area contributed by atoms with Crippen LogP contribution in [0.4, 0.5) is 5.95 Å². The molecule has 4 N–H and O–H groups in total. The Kier molecular flexibility index (Phi) is 4.55. The Morgan fingerprint density at radius 3 is 2.63 bits per heavy atom. The van der Waals surface area contributed by atoms with Crippen molar-refractivity contribution >= 4 is 23.5 Å². The van der Waals surface area contributed by atoms with Crippen LogP contribution < -0.4 is 10.5 Å². The molecule has 2 aliphatic heterocycles. The van der Waals surface area contributed by atoms with Crippen molar-refractivity contribution in [3.05, 3.63) is 16.7 Å². The molecule has 0 aliphatic carbocycles. The molecule has 146 valence electrons. The number of nitrogens with one attached hydrogen (secondary N) is 1. The summed E-state index contributed by atoms with van der Waals surface area (Å²) in [5.74, 6) is 0.342. The Morgan fingerprint density at radius 2 is 2.00 bits per heavy atom. The predicted molar refractivity (Wildman–Crippen MR) is 91.0 cm³/mol. The molecule has 2 aliphatic rings. The van der Waals surface area contributed by atoms with E-state index in [2.05, 4.69) is 15.0 Å². The number of nitrogens with zero attached hydrogens (tertiary/aromatic N) is 5. The maximum atomic E-state index is 12.2. The summed E-state index contributed by atoms with van der Waals surface area (Å²) in [6.45, 7) is 1.42. The lowest BCUT2D eigenvalue weighted by Crippen LogP contribution is -2.47. The highest BCUT2D eigenvalue weighted by atomic mass is 16.6. The van der Waals surface area contributed by atoms with Gasteiger partial charge < -0.3 is 34.8 Å². The van der Waals surface area contributed by atoms with E-state index in [0.29, 0.717) is 32.1 Å². The monoisotopic (exact) mass is 380 g/mol. The first kappa shape index (κ1) is 17.9. The molecule has 2 aromatic rings. The van der Waals surface area contributed by atoms with Crippen LogP contribution in [0.25, 0.3) is 11.2 Å². The molecule has 12 heteroatoms. The van der Waals surface area contributed by atoms with Crippen LogP contribution in [0, 0.1) is 0 Å². The molecule has 0 spiro atoms. The number of amides is 1. The minimum atomic E-state index is -1.34. The first-order valence-electron chi connectivity index (χ1n) is 8.57. The van der Waals surface area contributed by atoms with Gasteiger partial charge in [0.1, 0.15) is 18.3 Å². The Bertz CT molecular complexity index is 891. The van der Waals surface area contributed by atoms with Crippen molar-refractivity contribution in [3.63, 3.8) is 0 Å². The number of aliphatic hydroxyl groups is 3. The van der Waals surface area contributed by atoms with Crippen molar-refractivity contribution in [1.82, 2.24) is 24.4 Å². The fraction of sp³-hybridized carbons (Fsp3) is 0.600. The number of rotatable bonds is 4. The average molecular weight is 380 g/mol. The number of aliphatic hydroxyl groups excluding tert-OH is 3. The fourth-order valence-electron chi connectivity index (χ4n) is 3.49. The average Bonchev–Trinajstić information content (AvgIpc) is 3.21. The molecule has 0 unspecified atom stereocenters. The summed E-state index contributed by atoms with van der Waals surface area (Å²) in [5, 5.41) is 29.9. The van der Waals surface area contributed by atoms with Crippen LogP contribution in [0.15, 0.2) is 11.1 Å². The molecule has 1 amide bonds. The number of H-pyrrole nitrogens is 1. The predicted octanol–water partition coefficient (Wildman–Crippen LogP) is -2.99. The number of anilines is 1. The molecular weight excluding hydrogens is 360 g/mol. The summed E-state index contributed by atoms with van der Waals surface area (Å²) in [7, 11) is 0. The lowest BCUT2D eigenvalue weighted by molar-refractivity contribution is -0.118. The summed E-state index contributed by atoms with van der Waals surface area (Å²) >= 11 is 0. The quantitative estimate of drug-likeness (QED) is 0.406. The molecule has 4 rings (SSSR count). The van der Waals surface area contributed by atoms with E-state index < -0.39 is 36.7 Å². The summed E-state index contributed by atoms with van der Waals surface area (Å²) < 4.78 is 7.09. The van der Waals surface area contributed by atoms with E-state index in [4.69, 9.17) is 4.74 Å². The first-order valence-corrected chi connectivity index (χ1v) is 8.57. The molecule has 2 aromatic heterocycles. The number of ether oxygens (including phenoxy) is 1. The molecule has 12 nitrogen and oxygen atoms in total. The van der Waals surface area contributed by atoms with Crippen LogP contribution in [0.5, 0.6) is 0 Å². The zero-order valence-electron chi connectivity index (χ0n) is 14.3. The summed E-state index contributed by atoms with van der Waals surface area (Å²) in [5.41, 5.74) is -0.178. The Balaban J connectivity index is 1.80. The smallest absolute Gasteiger partial charge is 0.278 e. The SMILES string of the molecule is O=CN1CCN(c2nc3c(=O)[nH]cnc3n2[C@@H]2O[C@H](CO)[C@@H](O)[C@H]2O)CC1. The van der Waals surface area contributed by atoms with E-state index in [-0.39, 0.29) is 11.2 Å². The highest BCUT2D eigenvalue weighted by Crippen LogP contribution is 2.35. The second kappa shape index (κ2) is 6.88. The molecular formula is C15H20N6O6. The second-order valence-electron chi connectivity index (χ2n) is 6.54. The van der Waals surface area contributed by atoms with E-state index in [0.717, 1.165) is 6.41 Å². The lowest BCUT2D eigenvalue weighted by atomic mass is 10.1. The molecule has 0 aromatic carbocycles. The third kappa shape index (κ3) is 2.86. The van der Waals surface area contributed by atoms with Gasteiger partial charge in [-0.3, -0.25) is 14.2 Å². The van der Waals surface area contributed by atoms with Crippen molar-refractivity contribution in [3.8, 4) is 0 Å². The van der Waals surface area contributed by atoms with Gasteiger partial charge in [0, 0.05) is 26.2 Å². The minimum absolute atomic E-state index is 0.0723. The molecule has 0 saturated carbocycles. The normalized spacial score (nSPS) is 28.9. The van der Waals surface area contributed by atoms with Crippen LogP contribution in [0.2, 0.25) is 0 Å². The standard InChI is InChI=1S/C15H20N6O6/c22-5-8-10(24)11(25)14(27-8)21-12-9(13(26)17-6-16-12)18-15(21)20-3-1-19(7-23)2-4-20/h6-8,10-11,14,22,24-25H,1-5H2,(H,16,17,26)/t8-,10-,11-,14-/m1/s1. The number of piperazine rings is 1. The maximum Gasteiger partial charge on any atom is 0.278 e. The minimum Gasteiger partial charge on any atom is -0.394 e. The fourth-order valence-corrected chi connectivity index (χ4v) is 3.49. The van der Waals surface area contributed by atoms with Crippen molar-refractivity contribution in [2.24, 2.45) is 0 Å². The van der Waals surface area contributed by atoms with Crippen molar-refractivity contribution in [2.45, 2.75) is 24.5 Å². The molecule has 4 heterocycles. The van der Waals surface area contributed by atoms with Gasteiger partial charge >= 0.3 is 0 Å². The molecule has 2 saturated heterocycles.